The molecular formula is C29H47N3O4. The van der Waals surface area contributed by atoms with E-state index in [1.165, 1.54) is 4.90 Å². The molecule has 3 unspecified atom stereocenters. The summed E-state index contributed by atoms with van der Waals surface area (Å²) in [6.45, 7) is 17.9. The Morgan fingerprint density at radius 3 is 2.22 bits per heavy atom. The number of carbonyl (C=O) groups is 3. The SMILES string of the molecule is C=CCN(C(=O)C(NC(=O)OC(C)(C)C)C(C)CC)C(C(=O)NCCCCC)c1ccc(CC)cc1. The molecule has 7 nitrogen and oxygen atoms in total. The predicted octanol–water partition coefficient (Wildman–Crippen LogP) is 5.55. The Balaban J connectivity index is 3.40. The maximum absolute atomic E-state index is 14.0. The van der Waals surface area contributed by atoms with Gasteiger partial charge in [0.05, 0.1) is 0 Å². The van der Waals surface area contributed by atoms with E-state index >= 15 is 0 Å². The molecule has 2 N–H and O–H groups in total. The highest BCUT2D eigenvalue weighted by Crippen LogP contribution is 2.25. The molecule has 0 heterocycles. The zero-order chi connectivity index (χ0) is 27.3. The van der Waals surface area contributed by atoms with E-state index in [0.717, 1.165) is 36.8 Å². The van der Waals surface area contributed by atoms with Gasteiger partial charge in [0, 0.05) is 13.1 Å². The minimum Gasteiger partial charge on any atom is -0.444 e. The van der Waals surface area contributed by atoms with Crippen LogP contribution >= 0.6 is 0 Å². The van der Waals surface area contributed by atoms with Crippen molar-refractivity contribution in [2.75, 3.05) is 13.1 Å². The number of unbranched alkanes of at least 4 members (excludes halogenated alkanes) is 2. The summed E-state index contributed by atoms with van der Waals surface area (Å²) in [5.41, 5.74) is 1.16. The van der Waals surface area contributed by atoms with E-state index in [9.17, 15) is 14.4 Å². The average molecular weight is 502 g/mol. The minimum absolute atomic E-state index is 0.157. The maximum Gasteiger partial charge on any atom is 0.408 e. The van der Waals surface area contributed by atoms with E-state index in [1.54, 1.807) is 26.8 Å². The third kappa shape index (κ3) is 10.0. The van der Waals surface area contributed by atoms with Crippen LogP contribution in [0.1, 0.15) is 91.3 Å². The summed E-state index contributed by atoms with van der Waals surface area (Å²) in [6, 6.07) is 6.06. The fourth-order valence-electron chi connectivity index (χ4n) is 3.85. The molecule has 1 aromatic rings. The van der Waals surface area contributed by atoms with Crippen LogP contribution in [-0.4, -0.2) is 47.5 Å². The lowest BCUT2D eigenvalue weighted by atomic mass is 9.95. The van der Waals surface area contributed by atoms with Gasteiger partial charge in [-0.3, -0.25) is 9.59 Å². The number of aryl methyl sites for hydroxylation is 1. The van der Waals surface area contributed by atoms with E-state index < -0.39 is 23.8 Å². The molecule has 3 amide bonds. The summed E-state index contributed by atoms with van der Waals surface area (Å²) in [5, 5.41) is 5.78. The van der Waals surface area contributed by atoms with Gasteiger partial charge in [0.15, 0.2) is 0 Å². The summed E-state index contributed by atoms with van der Waals surface area (Å²) in [6.07, 6.45) is 5.42. The van der Waals surface area contributed by atoms with Crippen molar-refractivity contribution in [2.45, 2.75) is 98.3 Å². The molecule has 3 atom stereocenters. The Labute approximate surface area is 218 Å². The molecule has 1 rings (SSSR count). The first kappa shape index (κ1) is 31.2. The first-order valence-corrected chi connectivity index (χ1v) is 13.3. The van der Waals surface area contributed by atoms with Crippen molar-refractivity contribution in [1.29, 1.82) is 0 Å². The molecule has 0 spiro atoms. The largest absolute Gasteiger partial charge is 0.444 e. The topological polar surface area (TPSA) is 87.7 Å². The van der Waals surface area contributed by atoms with E-state index in [2.05, 4.69) is 31.1 Å². The molecule has 1 aromatic carbocycles. The first-order chi connectivity index (χ1) is 17.0. The van der Waals surface area contributed by atoms with Gasteiger partial charge < -0.3 is 20.3 Å². The van der Waals surface area contributed by atoms with Gasteiger partial charge in [-0.25, -0.2) is 4.79 Å². The van der Waals surface area contributed by atoms with Crippen LogP contribution in [0.3, 0.4) is 0 Å². The standard InChI is InChI=1S/C29H47N3O4/c1-9-13-14-19-30-26(33)25(23-17-15-22(12-4)16-18-23)32(20-10-2)27(34)24(21(5)11-3)31-28(35)36-29(6,7)8/h10,15-18,21,24-25H,2,9,11-14,19-20H2,1,3-8H3,(H,30,33)(H,31,35). The Bertz CT molecular complexity index is 845. The molecule has 0 saturated carbocycles. The summed E-state index contributed by atoms with van der Waals surface area (Å²) in [5.74, 6) is -0.762. The summed E-state index contributed by atoms with van der Waals surface area (Å²) in [7, 11) is 0. The van der Waals surface area contributed by atoms with Gasteiger partial charge >= 0.3 is 6.09 Å². The molecule has 0 saturated heterocycles. The molecule has 36 heavy (non-hydrogen) atoms. The number of rotatable bonds is 14. The molecule has 0 aliphatic rings. The smallest absolute Gasteiger partial charge is 0.408 e. The van der Waals surface area contributed by atoms with Crippen LogP contribution in [0, 0.1) is 5.92 Å². The number of hydrogen-bond donors (Lipinski definition) is 2. The molecule has 0 aromatic heterocycles. The molecule has 7 heteroatoms. The van der Waals surface area contributed by atoms with Crippen molar-refractivity contribution in [3.05, 3.63) is 48.0 Å². The van der Waals surface area contributed by atoms with E-state index in [-0.39, 0.29) is 24.3 Å². The van der Waals surface area contributed by atoms with Crippen LogP contribution in [0.5, 0.6) is 0 Å². The molecule has 202 valence electrons. The summed E-state index contributed by atoms with van der Waals surface area (Å²) >= 11 is 0. The Hall–Kier alpha value is -2.83. The number of amides is 3. The highest BCUT2D eigenvalue weighted by atomic mass is 16.6. The molecule has 0 bridgehead atoms. The summed E-state index contributed by atoms with van der Waals surface area (Å²) < 4.78 is 5.43. The highest BCUT2D eigenvalue weighted by molar-refractivity contribution is 5.92. The lowest BCUT2D eigenvalue weighted by Gasteiger charge is -2.35. The van der Waals surface area contributed by atoms with Crippen molar-refractivity contribution < 1.29 is 19.1 Å². The lowest BCUT2D eigenvalue weighted by molar-refractivity contribution is -0.142. The van der Waals surface area contributed by atoms with Gasteiger partial charge in [-0.1, -0.05) is 77.3 Å². The monoisotopic (exact) mass is 501 g/mol. The van der Waals surface area contributed by atoms with Crippen LogP contribution in [0.2, 0.25) is 0 Å². The fraction of sp³-hybridized carbons (Fsp3) is 0.621. The lowest BCUT2D eigenvalue weighted by Crippen LogP contribution is -2.55. The number of nitrogens with zero attached hydrogens (tertiary/aromatic N) is 1. The van der Waals surface area contributed by atoms with E-state index in [0.29, 0.717) is 13.0 Å². The Morgan fingerprint density at radius 2 is 1.72 bits per heavy atom. The van der Waals surface area contributed by atoms with Crippen molar-refractivity contribution in [3.63, 3.8) is 0 Å². The zero-order valence-corrected chi connectivity index (χ0v) is 23.4. The van der Waals surface area contributed by atoms with Gasteiger partial charge in [0.25, 0.3) is 0 Å². The molecule has 0 fully saturated rings. The van der Waals surface area contributed by atoms with Crippen molar-refractivity contribution in [1.82, 2.24) is 15.5 Å². The van der Waals surface area contributed by atoms with Gasteiger partial charge in [0.1, 0.15) is 17.7 Å². The molecule has 0 radical (unpaired) electrons. The maximum atomic E-state index is 14.0. The van der Waals surface area contributed by atoms with Crippen LogP contribution < -0.4 is 10.6 Å². The molecule has 0 aliphatic carbocycles. The van der Waals surface area contributed by atoms with Crippen LogP contribution in [-0.2, 0) is 20.7 Å². The third-order valence-corrected chi connectivity index (χ3v) is 6.10. The number of benzene rings is 1. The van der Waals surface area contributed by atoms with Crippen LogP contribution in [0.4, 0.5) is 4.79 Å². The number of ether oxygens (including phenoxy) is 1. The molecule has 0 aliphatic heterocycles. The number of hydrogen-bond acceptors (Lipinski definition) is 4. The van der Waals surface area contributed by atoms with Gasteiger partial charge in [-0.05, 0) is 50.7 Å². The van der Waals surface area contributed by atoms with Crippen LogP contribution in [0.15, 0.2) is 36.9 Å². The average Bonchev–Trinajstić information content (AvgIpc) is 2.83. The summed E-state index contributed by atoms with van der Waals surface area (Å²) in [4.78, 5) is 41.6. The van der Waals surface area contributed by atoms with E-state index in [4.69, 9.17) is 4.74 Å². The fourth-order valence-corrected chi connectivity index (χ4v) is 3.85. The van der Waals surface area contributed by atoms with Crippen molar-refractivity contribution >= 4 is 17.9 Å². The van der Waals surface area contributed by atoms with Crippen molar-refractivity contribution in [3.8, 4) is 0 Å². The molecular weight excluding hydrogens is 454 g/mol. The van der Waals surface area contributed by atoms with Gasteiger partial charge in [-0.2, -0.15) is 0 Å². The third-order valence-electron chi connectivity index (χ3n) is 6.10. The number of carbonyl (C=O) groups excluding carboxylic acids is 3. The number of alkyl carbamates (subject to hydrolysis) is 1. The minimum atomic E-state index is -0.852. The Morgan fingerprint density at radius 1 is 1.08 bits per heavy atom. The highest BCUT2D eigenvalue weighted by Gasteiger charge is 2.37. The second-order valence-electron chi connectivity index (χ2n) is 10.3. The number of nitrogens with one attached hydrogen (secondary N) is 2. The van der Waals surface area contributed by atoms with Crippen molar-refractivity contribution in [2.24, 2.45) is 5.92 Å². The van der Waals surface area contributed by atoms with E-state index in [1.807, 2.05) is 38.1 Å². The second kappa shape index (κ2) is 15.3. The first-order valence-electron chi connectivity index (χ1n) is 13.3. The van der Waals surface area contributed by atoms with Gasteiger partial charge in [0.2, 0.25) is 11.8 Å². The van der Waals surface area contributed by atoms with Crippen LogP contribution in [0.25, 0.3) is 0 Å². The second-order valence-corrected chi connectivity index (χ2v) is 10.3. The Kier molecular flexibility index (Phi) is 13.3. The quantitative estimate of drug-likeness (QED) is 0.258. The van der Waals surface area contributed by atoms with Gasteiger partial charge in [-0.15, -0.1) is 6.58 Å². The normalized spacial score (nSPS) is 13.8. The predicted molar refractivity (Wildman–Crippen MR) is 146 cm³/mol. The zero-order valence-electron chi connectivity index (χ0n) is 23.4.